The fraction of sp³-hybridized carbons (Fsp3) is 0.556. The normalized spacial score (nSPS) is 20.7. The minimum atomic E-state index is -3.73. The summed E-state index contributed by atoms with van der Waals surface area (Å²) in [6, 6.07) is 5.50. The molecule has 0 bridgehead atoms. The first-order valence-electron chi connectivity index (χ1n) is 8.75. The van der Waals surface area contributed by atoms with Gasteiger partial charge in [-0.05, 0) is 44.9 Å². The smallest absolute Gasteiger partial charge is 0.313 e. The number of amides is 1. The second-order valence-corrected chi connectivity index (χ2v) is 8.87. The Hall–Kier alpha value is -1.97. The Morgan fingerprint density at radius 3 is 2.67 bits per heavy atom. The Balaban J connectivity index is 2.27. The van der Waals surface area contributed by atoms with E-state index in [2.05, 4.69) is 4.72 Å². The van der Waals surface area contributed by atoms with Gasteiger partial charge in [0.2, 0.25) is 10.0 Å². The Bertz CT molecular complexity index is 804. The molecule has 1 unspecified atom stereocenters. The van der Waals surface area contributed by atoms with Crippen LogP contribution in [0.2, 0.25) is 0 Å². The maximum atomic E-state index is 12.9. The molecule has 1 atom stereocenters. The van der Waals surface area contributed by atoms with Gasteiger partial charge in [-0.1, -0.05) is 6.07 Å². The molecule has 0 aliphatic carbocycles. The summed E-state index contributed by atoms with van der Waals surface area (Å²) in [6.45, 7) is 3.87. The highest BCUT2D eigenvalue weighted by Gasteiger charge is 2.44. The number of piperidine rings is 1. The van der Waals surface area contributed by atoms with Crippen LogP contribution in [0, 0.1) is 5.41 Å². The molecule has 0 spiro atoms. The van der Waals surface area contributed by atoms with E-state index in [0.29, 0.717) is 19.4 Å². The van der Waals surface area contributed by atoms with Gasteiger partial charge in [-0.3, -0.25) is 9.59 Å². The van der Waals surface area contributed by atoms with Gasteiger partial charge in [0.15, 0.2) is 0 Å². The van der Waals surface area contributed by atoms with Crippen molar-refractivity contribution in [3.8, 4) is 0 Å². The summed E-state index contributed by atoms with van der Waals surface area (Å²) in [5.74, 6) is -1.39. The average Bonchev–Trinajstić information content (AvgIpc) is 2.60. The number of sulfonamides is 1. The largest absolute Gasteiger partial charge is 0.481 e. The lowest BCUT2D eigenvalue weighted by Crippen LogP contribution is -2.52. The third-order valence-electron chi connectivity index (χ3n) is 4.52. The number of carboxylic acid groups (broad SMARTS) is 1. The molecule has 9 heteroatoms. The molecule has 2 rings (SSSR count). The van der Waals surface area contributed by atoms with Gasteiger partial charge in [-0.25, -0.2) is 13.1 Å². The zero-order chi connectivity index (χ0) is 20.2. The Labute approximate surface area is 159 Å². The summed E-state index contributed by atoms with van der Waals surface area (Å²) in [6.07, 6.45) is 0.959. The van der Waals surface area contributed by atoms with Crippen LogP contribution in [-0.4, -0.2) is 63.1 Å². The van der Waals surface area contributed by atoms with Crippen molar-refractivity contribution in [1.82, 2.24) is 9.62 Å². The van der Waals surface area contributed by atoms with Crippen LogP contribution in [-0.2, 0) is 19.6 Å². The van der Waals surface area contributed by atoms with Gasteiger partial charge in [0.25, 0.3) is 5.91 Å². The summed E-state index contributed by atoms with van der Waals surface area (Å²) >= 11 is 0. The summed E-state index contributed by atoms with van der Waals surface area (Å²) in [4.78, 5) is 26.1. The zero-order valence-corrected chi connectivity index (χ0v) is 16.6. The van der Waals surface area contributed by atoms with E-state index < -0.39 is 27.3 Å². The number of aliphatic carboxylic acids is 1. The summed E-state index contributed by atoms with van der Waals surface area (Å²) in [5.41, 5.74) is -0.939. The summed E-state index contributed by atoms with van der Waals surface area (Å²) in [5, 5.41) is 9.62. The number of rotatable bonds is 7. The maximum Gasteiger partial charge on any atom is 0.313 e. The Morgan fingerprint density at radius 2 is 2.07 bits per heavy atom. The molecule has 1 aromatic rings. The number of likely N-dealkylation sites (tertiary alicyclic amines) is 1. The molecular weight excluding hydrogens is 372 g/mol. The van der Waals surface area contributed by atoms with Crippen LogP contribution in [0.3, 0.4) is 0 Å². The lowest BCUT2D eigenvalue weighted by molar-refractivity contribution is -0.155. The number of nitrogens with zero attached hydrogens (tertiary/aromatic N) is 1. The van der Waals surface area contributed by atoms with Crippen LogP contribution in [0.1, 0.15) is 37.0 Å². The third kappa shape index (κ3) is 4.85. The third-order valence-corrected chi connectivity index (χ3v) is 6.18. The van der Waals surface area contributed by atoms with Crippen LogP contribution in [0.5, 0.6) is 0 Å². The van der Waals surface area contributed by atoms with Gasteiger partial charge in [0.1, 0.15) is 5.41 Å². The molecule has 8 nitrogen and oxygen atoms in total. The highest BCUT2D eigenvalue weighted by molar-refractivity contribution is 7.89. The first kappa shape index (κ1) is 21.3. The zero-order valence-electron chi connectivity index (χ0n) is 15.8. The first-order valence-corrected chi connectivity index (χ1v) is 10.2. The fourth-order valence-electron chi connectivity index (χ4n) is 3.29. The van der Waals surface area contributed by atoms with Crippen LogP contribution in [0.15, 0.2) is 29.2 Å². The molecule has 1 aromatic carbocycles. The van der Waals surface area contributed by atoms with Gasteiger partial charge < -0.3 is 14.7 Å². The van der Waals surface area contributed by atoms with E-state index in [1.54, 1.807) is 13.8 Å². The van der Waals surface area contributed by atoms with Crippen LogP contribution >= 0.6 is 0 Å². The van der Waals surface area contributed by atoms with Crippen molar-refractivity contribution in [2.75, 3.05) is 26.8 Å². The predicted octanol–water partition coefficient (Wildman–Crippen LogP) is 1.33. The Morgan fingerprint density at radius 1 is 1.37 bits per heavy atom. The highest BCUT2D eigenvalue weighted by Crippen LogP contribution is 2.31. The number of nitrogens with one attached hydrogen (secondary N) is 1. The SMILES string of the molecule is COCC1(C(=O)O)CCCN(C(=O)c2cccc(S(=O)(=O)NC(C)C)c2)C1. The number of methoxy groups -OCH3 is 1. The standard InChI is InChI=1S/C18H26N2O6S/c1-13(2)19-27(24,25)15-7-4-6-14(10-15)16(21)20-9-5-8-18(11-20,12-26-3)17(22)23/h4,6-7,10,13,19H,5,8-9,11-12H2,1-3H3,(H,22,23). The van der Waals surface area contributed by atoms with Crippen molar-refractivity contribution in [2.24, 2.45) is 5.41 Å². The van der Waals surface area contributed by atoms with Gasteiger partial charge in [0.05, 0.1) is 11.5 Å². The monoisotopic (exact) mass is 398 g/mol. The predicted molar refractivity (Wildman–Crippen MR) is 99.0 cm³/mol. The molecule has 2 N–H and O–H groups in total. The molecule has 1 aliphatic heterocycles. The van der Waals surface area contributed by atoms with Crippen molar-refractivity contribution in [3.63, 3.8) is 0 Å². The van der Waals surface area contributed by atoms with E-state index in [0.717, 1.165) is 0 Å². The molecule has 27 heavy (non-hydrogen) atoms. The van der Waals surface area contributed by atoms with Crippen molar-refractivity contribution in [2.45, 2.75) is 37.6 Å². The number of benzene rings is 1. The molecule has 1 aliphatic rings. The lowest BCUT2D eigenvalue weighted by atomic mass is 9.80. The number of carbonyl (C=O) groups is 2. The number of carbonyl (C=O) groups excluding carboxylic acids is 1. The summed E-state index contributed by atoms with van der Waals surface area (Å²) < 4.78 is 32.2. The fourth-order valence-corrected chi connectivity index (χ4v) is 4.59. The van der Waals surface area contributed by atoms with E-state index in [4.69, 9.17) is 4.74 Å². The van der Waals surface area contributed by atoms with E-state index in [9.17, 15) is 23.1 Å². The molecular formula is C18H26N2O6S. The molecule has 1 fully saturated rings. The minimum absolute atomic E-state index is 0.000416. The van der Waals surface area contributed by atoms with Crippen molar-refractivity contribution in [3.05, 3.63) is 29.8 Å². The molecule has 1 saturated heterocycles. The first-order chi connectivity index (χ1) is 12.6. The molecule has 1 heterocycles. The van der Waals surface area contributed by atoms with E-state index in [1.807, 2.05) is 0 Å². The Kier molecular flexibility index (Phi) is 6.61. The lowest BCUT2D eigenvalue weighted by Gasteiger charge is -2.39. The summed E-state index contributed by atoms with van der Waals surface area (Å²) in [7, 11) is -2.29. The topological polar surface area (TPSA) is 113 Å². The van der Waals surface area contributed by atoms with Gasteiger partial charge in [0, 0.05) is 31.8 Å². The van der Waals surface area contributed by atoms with E-state index in [1.165, 1.54) is 36.3 Å². The quantitative estimate of drug-likeness (QED) is 0.716. The van der Waals surface area contributed by atoms with Gasteiger partial charge in [-0.15, -0.1) is 0 Å². The van der Waals surface area contributed by atoms with Gasteiger partial charge >= 0.3 is 5.97 Å². The van der Waals surface area contributed by atoms with E-state index >= 15 is 0 Å². The molecule has 150 valence electrons. The van der Waals surface area contributed by atoms with Gasteiger partial charge in [-0.2, -0.15) is 0 Å². The van der Waals surface area contributed by atoms with Crippen molar-refractivity contribution in [1.29, 1.82) is 0 Å². The highest BCUT2D eigenvalue weighted by atomic mass is 32.2. The van der Waals surface area contributed by atoms with Crippen molar-refractivity contribution >= 4 is 21.9 Å². The minimum Gasteiger partial charge on any atom is -0.481 e. The van der Waals surface area contributed by atoms with Crippen LogP contribution in [0.4, 0.5) is 0 Å². The number of hydrogen-bond acceptors (Lipinski definition) is 5. The van der Waals surface area contributed by atoms with Crippen LogP contribution in [0.25, 0.3) is 0 Å². The molecule has 0 radical (unpaired) electrons. The number of ether oxygens (including phenoxy) is 1. The molecule has 0 aromatic heterocycles. The van der Waals surface area contributed by atoms with Crippen LogP contribution < -0.4 is 4.72 Å². The van der Waals surface area contributed by atoms with Crippen molar-refractivity contribution < 1.29 is 27.9 Å². The molecule has 1 amide bonds. The van der Waals surface area contributed by atoms with E-state index in [-0.39, 0.29) is 29.7 Å². The maximum absolute atomic E-state index is 12.9. The number of carboxylic acids is 1. The number of hydrogen-bond donors (Lipinski definition) is 2. The molecule has 0 saturated carbocycles. The second kappa shape index (κ2) is 8.37. The second-order valence-electron chi connectivity index (χ2n) is 7.15. The average molecular weight is 398 g/mol.